The molecular formula is C29H36N6O2. The normalized spacial score (nSPS) is 16.0. The quantitative estimate of drug-likeness (QED) is 0.303. The van der Waals surface area contributed by atoms with Crippen molar-refractivity contribution in [1.82, 2.24) is 24.4 Å². The summed E-state index contributed by atoms with van der Waals surface area (Å²) in [4.78, 5) is 19.8. The molecule has 8 heteroatoms. The van der Waals surface area contributed by atoms with E-state index in [0.717, 1.165) is 60.2 Å². The molecule has 1 aliphatic rings. The van der Waals surface area contributed by atoms with Gasteiger partial charge in [0, 0.05) is 52.5 Å². The highest BCUT2D eigenvalue weighted by Crippen LogP contribution is 2.35. The van der Waals surface area contributed by atoms with Gasteiger partial charge in [-0.3, -0.25) is 4.90 Å². The summed E-state index contributed by atoms with van der Waals surface area (Å²) in [6, 6.07) is 21.4. The van der Waals surface area contributed by atoms with Crippen molar-refractivity contribution in [2.24, 2.45) is 0 Å². The highest BCUT2D eigenvalue weighted by molar-refractivity contribution is 5.87. The predicted molar refractivity (Wildman–Crippen MR) is 147 cm³/mol. The molecule has 0 radical (unpaired) electrons. The van der Waals surface area contributed by atoms with E-state index >= 15 is 0 Å². The maximum atomic E-state index is 5.40. The van der Waals surface area contributed by atoms with Gasteiger partial charge in [0.1, 0.15) is 11.6 Å². The summed E-state index contributed by atoms with van der Waals surface area (Å²) in [6.45, 7) is 7.50. The molecule has 0 bridgehead atoms. The molecule has 1 fully saturated rings. The van der Waals surface area contributed by atoms with E-state index in [-0.39, 0.29) is 6.04 Å². The zero-order valence-electron chi connectivity index (χ0n) is 22.0. The number of ether oxygens (including phenoxy) is 2. The zero-order chi connectivity index (χ0) is 25.6. The van der Waals surface area contributed by atoms with Gasteiger partial charge in [-0.25, -0.2) is 15.0 Å². The molecule has 2 aromatic heterocycles. The Bertz CT molecular complexity index is 1290. The van der Waals surface area contributed by atoms with Gasteiger partial charge in [0.15, 0.2) is 17.0 Å². The fourth-order valence-corrected chi connectivity index (χ4v) is 5.16. The number of benzene rings is 2. The van der Waals surface area contributed by atoms with Crippen molar-refractivity contribution in [3.63, 3.8) is 0 Å². The first-order chi connectivity index (χ1) is 18.2. The van der Waals surface area contributed by atoms with Crippen molar-refractivity contribution in [2.45, 2.75) is 25.9 Å². The first kappa shape index (κ1) is 25.3. The molecule has 4 aromatic rings. The van der Waals surface area contributed by atoms with E-state index in [0.29, 0.717) is 26.3 Å². The van der Waals surface area contributed by atoms with E-state index in [1.807, 2.05) is 13.0 Å². The number of aromatic nitrogens is 4. The number of aryl methyl sites for hydroxylation is 1. The molecule has 0 saturated carbocycles. The van der Waals surface area contributed by atoms with Crippen molar-refractivity contribution in [1.29, 1.82) is 0 Å². The molecule has 3 heterocycles. The third-order valence-electron chi connectivity index (χ3n) is 6.96. The zero-order valence-corrected chi connectivity index (χ0v) is 22.0. The number of imidazole rings is 1. The van der Waals surface area contributed by atoms with E-state index < -0.39 is 0 Å². The fourth-order valence-electron chi connectivity index (χ4n) is 5.16. The Morgan fingerprint density at radius 2 is 1.57 bits per heavy atom. The third kappa shape index (κ3) is 5.66. The number of hydrogen-bond donors (Lipinski definition) is 0. The largest absolute Gasteiger partial charge is 0.383 e. The van der Waals surface area contributed by atoms with Gasteiger partial charge >= 0.3 is 0 Å². The summed E-state index contributed by atoms with van der Waals surface area (Å²) in [6.07, 6.45) is 1.05. The summed E-state index contributed by atoms with van der Waals surface area (Å²) >= 11 is 0. The van der Waals surface area contributed by atoms with Crippen LogP contribution in [0.1, 0.15) is 23.9 Å². The van der Waals surface area contributed by atoms with Crippen LogP contribution in [0.25, 0.3) is 22.6 Å². The van der Waals surface area contributed by atoms with Crippen molar-refractivity contribution in [2.75, 3.05) is 58.5 Å². The van der Waals surface area contributed by atoms with Crippen LogP contribution >= 0.6 is 0 Å². The topological polar surface area (TPSA) is 68.5 Å². The first-order valence-corrected chi connectivity index (χ1v) is 13.0. The second-order valence-corrected chi connectivity index (χ2v) is 9.57. The summed E-state index contributed by atoms with van der Waals surface area (Å²) in [7, 11) is 3.44. The van der Waals surface area contributed by atoms with Gasteiger partial charge in [-0.2, -0.15) is 0 Å². The van der Waals surface area contributed by atoms with Crippen LogP contribution in [0.15, 0.2) is 60.7 Å². The lowest BCUT2D eigenvalue weighted by Crippen LogP contribution is -2.32. The van der Waals surface area contributed by atoms with Crippen LogP contribution in [-0.2, 0) is 16.0 Å². The van der Waals surface area contributed by atoms with E-state index in [1.54, 1.807) is 14.2 Å². The Kier molecular flexibility index (Phi) is 8.08. The highest BCUT2D eigenvalue weighted by Gasteiger charge is 2.30. The van der Waals surface area contributed by atoms with E-state index in [9.17, 15) is 0 Å². The fraction of sp³-hybridized carbons (Fsp3) is 0.414. The lowest BCUT2D eigenvalue weighted by atomic mass is 10.2. The number of fused-ring (bicyclic) bond motifs is 1. The average molecular weight is 501 g/mol. The van der Waals surface area contributed by atoms with Gasteiger partial charge in [0.25, 0.3) is 0 Å². The minimum atomic E-state index is 0.275. The second kappa shape index (κ2) is 11.8. The molecule has 0 N–H and O–H groups in total. The van der Waals surface area contributed by atoms with Crippen molar-refractivity contribution < 1.29 is 9.47 Å². The van der Waals surface area contributed by atoms with Crippen molar-refractivity contribution in [3.05, 3.63) is 72.1 Å². The maximum absolute atomic E-state index is 5.40. The Morgan fingerprint density at radius 3 is 2.24 bits per heavy atom. The van der Waals surface area contributed by atoms with Crippen LogP contribution in [0.4, 0.5) is 5.82 Å². The van der Waals surface area contributed by atoms with Crippen LogP contribution in [0.3, 0.4) is 0 Å². The van der Waals surface area contributed by atoms with Gasteiger partial charge in [0.2, 0.25) is 0 Å². The highest BCUT2D eigenvalue weighted by atomic mass is 16.5. The molecule has 8 nitrogen and oxygen atoms in total. The predicted octanol–water partition coefficient (Wildman–Crippen LogP) is 4.35. The minimum absolute atomic E-state index is 0.275. The Morgan fingerprint density at radius 1 is 0.892 bits per heavy atom. The number of methoxy groups -OCH3 is 2. The van der Waals surface area contributed by atoms with Gasteiger partial charge < -0.3 is 18.9 Å². The van der Waals surface area contributed by atoms with Crippen LogP contribution in [0.5, 0.6) is 0 Å². The molecule has 37 heavy (non-hydrogen) atoms. The van der Waals surface area contributed by atoms with Gasteiger partial charge in [0.05, 0.1) is 19.3 Å². The number of nitrogens with zero attached hydrogens (tertiary/aromatic N) is 6. The van der Waals surface area contributed by atoms with Crippen LogP contribution in [0.2, 0.25) is 0 Å². The molecule has 1 saturated heterocycles. The number of likely N-dealkylation sites (tertiary alicyclic amines) is 1. The molecule has 2 aromatic carbocycles. The van der Waals surface area contributed by atoms with Gasteiger partial charge in [-0.15, -0.1) is 0 Å². The van der Waals surface area contributed by atoms with Crippen LogP contribution in [0, 0.1) is 6.92 Å². The standard InChI is InChI=1S/C29H36N6O2/c1-22-30-28(34(16-18-36-2)17-19-37-3)26-29(31-22)35(27(32-26)24-12-8-5-9-13-24)25-14-15-33(21-25)20-23-10-6-4-7-11-23/h4-13,25H,14-21H2,1-3H3. The molecular weight excluding hydrogens is 464 g/mol. The average Bonchev–Trinajstić information content (AvgIpc) is 3.54. The Labute approximate surface area is 218 Å². The van der Waals surface area contributed by atoms with Gasteiger partial charge in [-0.1, -0.05) is 60.7 Å². The molecule has 1 atom stereocenters. The molecule has 0 aliphatic carbocycles. The second-order valence-electron chi connectivity index (χ2n) is 9.57. The molecule has 194 valence electrons. The van der Waals surface area contributed by atoms with Crippen molar-refractivity contribution in [3.8, 4) is 11.4 Å². The van der Waals surface area contributed by atoms with Crippen LogP contribution < -0.4 is 4.90 Å². The molecule has 1 aliphatic heterocycles. The van der Waals surface area contributed by atoms with E-state index in [1.165, 1.54) is 5.56 Å². The minimum Gasteiger partial charge on any atom is -0.383 e. The summed E-state index contributed by atoms with van der Waals surface area (Å²) in [5.41, 5.74) is 4.16. The smallest absolute Gasteiger partial charge is 0.166 e. The molecule has 5 rings (SSSR count). The molecule has 0 spiro atoms. The third-order valence-corrected chi connectivity index (χ3v) is 6.96. The Balaban J connectivity index is 1.57. The SMILES string of the molecule is COCCN(CCOC)c1nc(C)nc2c1nc(-c1ccccc1)n2C1CCN(Cc2ccccc2)C1. The molecule has 1 unspecified atom stereocenters. The number of rotatable bonds is 11. The Hall–Kier alpha value is -3.33. The monoisotopic (exact) mass is 500 g/mol. The lowest BCUT2D eigenvalue weighted by Gasteiger charge is -2.23. The first-order valence-electron chi connectivity index (χ1n) is 13.0. The van der Waals surface area contributed by atoms with Gasteiger partial charge in [-0.05, 0) is 18.9 Å². The summed E-state index contributed by atoms with van der Waals surface area (Å²) in [5, 5.41) is 0. The van der Waals surface area contributed by atoms with E-state index in [4.69, 9.17) is 24.4 Å². The van der Waals surface area contributed by atoms with E-state index in [2.05, 4.69) is 69.0 Å². The number of hydrogen-bond acceptors (Lipinski definition) is 7. The molecule has 0 amide bonds. The van der Waals surface area contributed by atoms with Crippen molar-refractivity contribution >= 4 is 17.0 Å². The maximum Gasteiger partial charge on any atom is 0.166 e. The summed E-state index contributed by atoms with van der Waals surface area (Å²) < 4.78 is 13.2. The number of anilines is 1. The lowest BCUT2D eigenvalue weighted by molar-refractivity contribution is 0.190. The summed E-state index contributed by atoms with van der Waals surface area (Å²) in [5.74, 6) is 2.52. The van der Waals surface area contributed by atoms with Crippen LogP contribution in [-0.4, -0.2) is 78.0 Å².